The van der Waals surface area contributed by atoms with Gasteiger partial charge in [-0.1, -0.05) is 0 Å². The van der Waals surface area contributed by atoms with Crippen molar-refractivity contribution in [1.82, 2.24) is 24.6 Å². The summed E-state index contributed by atoms with van der Waals surface area (Å²) in [6.07, 6.45) is 2.36. The fourth-order valence-electron chi connectivity index (χ4n) is 3.04. The highest BCUT2D eigenvalue weighted by Crippen LogP contribution is 2.23. The van der Waals surface area contributed by atoms with E-state index in [1.54, 1.807) is 0 Å². The lowest BCUT2D eigenvalue weighted by Crippen LogP contribution is -2.33. The molecule has 1 fully saturated rings. The highest BCUT2D eigenvalue weighted by molar-refractivity contribution is 7.13. The van der Waals surface area contributed by atoms with Crippen molar-refractivity contribution in [3.05, 3.63) is 22.7 Å². The van der Waals surface area contributed by atoms with Gasteiger partial charge in [-0.15, -0.1) is 11.3 Å². The van der Waals surface area contributed by atoms with Crippen molar-refractivity contribution in [2.45, 2.75) is 52.7 Å². The Hall–Kier alpha value is -1.80. The number of rotatable bonds is 5. The monoisotopic (exact) mass is 334 g/mol. The average molecular weight is 334 g/mol. The molecule has 1 atom stereocenters. The van der Waals surface area contributed by atoms with Gasteiger partial charge in [0, 0.05) is 24.9 Å². The van der Waals surface area contributed by atoms with Crippen LogP contribution in [-0.2, 0) is 17.9 Å². The predicted molar refractivity (Wildman–Crippen MR) is 89.3 cm³/mol. The molecule has 2 aromatic heterocycles. The summed E-state index contributed by atoms with van der Waals surface area (Å²) in [4.78, 5) is 22.4. The Morgan fingerprint density at radius 3 is 2.96 bits per heavy atom. The van der Waals surface area contributed by atoms with E-state index in [1.165, 1.54) is 31.1 Å². The van der Waals surface area contributed by atoms with Crippen molar-refractivity contribution >= 4 is 22.4 Å². The second-order valence-corrected chi connectivity index (χ2v) is 6.84. The number of amides is 1. The third-order valence-corrected chi connectivity index (χ3v) is 4.85. The lowest BCUT2D eigenvalue weighted by molar-refractivity contribution is -0.114. The molecule has 8 heteroatoms. The van der Waals surface area contributed by atoms with Crippen molar-refractivity contribution in [3.8, 4) is 0 Å². The molecule has 7 nitrogen and oxygen atoms in total. The van der Waals surface area contributed by atoms with E-state index in [-0.39, 0.29) is 5.91 Å². The zero-order valence-electron chi connectivity index (χ0n) is 13.7. The van der Waals surface area contributed by atoms with Gasteiger partial charge in [-0.05, 0) is 33.2 Å². The van der Waals surface area contributed by atoms with E-state index in [4.69, 9.17) is 0 Å². The van der Waals surface area contributed by atoms with Crippen LogP contribution in [0.1, 0.15) is 37.1 Å². The molecule has 0 radical (unpaired) electrons. The first kappa shape index (κ1) is 16.1. The van der Waals surface area contributed by atoms with E-state index in [9.17, 15) is 4.79 Å². The highest BCUT2D eigenvalue weighted by atomic mass is 32.1. The van der Waals surface area contributed by atoms with Crippen LogP contribution in [0.15, 0.2) is 5.38 Å². The van der Waals surface area contributed by atoms with Crippen LogP contribution in [-0.4, -0.2) is 43.1 Å². The second kappa shape index (κ2) is 6.76. The molecule has 124 valence electrons. The molecule has 2 aromatic rings. The summed E-state index contributed by atoms with van der Waals surface area (Å²) in [5, 5.41) is 9.90. The summed E-state index contributed by atoms with van der Waals surface area (Å²) in [5.41, 5.74) is 1.01. The predicted octanol–water partition coefficient (Wildman–Crippen LogP) is 1.97. The molecule has 1 amide bonds. The maximum absolute atomic E-state index is 11.1. The van der Waals surface area contributed by atoms with Crippen molar-refractivity contribution in [1.29, 1.82) is 0 Å². The quantitative estimate of drug-likeness (QED) is 0.905. The number of aryl methyl sites for hydroxylation is 2. The molecule has 0 unspecified atom stereocenters. The number of hydrogen-bond acceptors (Lipinski definition) is 6. The zero-order chi connectivity index (χ0) is 16.4. The third-order valence-electron chi connectivity index (χ3n) is 4.05. The smallest absolute Gasteiger partial charge is 0.223 e. The molecule has 3 heterocycles. The van der Waals surface area contributed by atoms with Gasteiger partial charge in [-0.3, -0.25) is 9.69 Å². The van der Waals surface area contributed by atoms with Crippen LogP contribution in [0.3, 0.4) is 0 Å². The summed E-state index contributed by atoms with van der Waals surface area (Å²) in [6, 6.07) is 0.459. The highest BCUT2D eigenvalue weighted by Gasteiger charge is 2.26. The van der Waals surface area contributed by atoms with Gasteiger partial charge in [-0.2, -0.15) is 5.10 Å². The molecule has 0 aliphatic carbocycles. The van der Waals surface area contributed by atoms with Gasteiger partial charge in [0.05, 0.1) is 12.2 Å². The molecule has 3 rings (SSSR count). The molecule has 0 aromatic carbocycles. The van der Waals surface area contributed by atoms with Gasteiger partial charge in [0.2, 0.25) is 5.91 Å². The summed E-state index contributed by atoms with van der Waals surface area (Å²) in [6.45, 7) is 8.18. The topological polar surface area (TPSA) is 75.9 Å². The lowest BCUT2D eigenvalue weighted by Gasteiger charge is -2.23. The Labute approximate surface area is 139 Å². The first-order valence-electron chi connectivity index (χ1n) is 7.85. The van der Waals surface area contributed by atoms with Crippen LogP contribution < -0.4 is 5.32 Å². The van der Waals surface area contributed by atoms with Crippen molar-refractivity contribution < 1.29 is 4.79 Å². The van der Waals surface area contributed by atoms with Gasteiger partial charge >= 0.3 is 0 Å². The fraction of sp³-hybridized carbons (Fsp3) is 0.600. The maximum atomic E-state index is 11.1. The van der Waals surface area contributed by atoms with Crippen LogP contribution in [0.5, 0.6) is 0 Å². The number of nitrogens with zero attached hydrogens (tertiary/aromatic N) is 5. The molecule has 1 aliphatic rings. The molecule has 1 N–H and O–H groups in total. The van der Waals surface area contributed by atoms with Crippen molar-refractivity contribution in [2.75, 3.05) is 11.9 Å². The van der Waals surface area contributed by atoms with E-state index in [0.717, 1.165) is 37.0 Å². The average Bonchev–Trinajstić information content (AvgIpc) is 3.14. The third kappa shape index (κ3) is 3.94. The Morgan fingerprint density at radius 1 is 1.43 bits per heavy atom. The molecule has 1 saturated heterocycles. The maximum Gasteiger partial charge on any atom is 0.223 e. The van der Waals surface area contributed by atoms with Crippen molar-refractivity contribution in [2.24, 2.45) is 0 Å². The summed E-state index contributed by atoms with van der Waals surface area (Å²) < 4.78 is 2.00. The Bertz CT molecular complexity index is 694. The fourth-order valence-corrected chi connectivity index (χ4v) is 3.79. The molecule has 0 spiro atoms. The summed E-state index contributed by atoms with van der Waals surface area (Å²) in [7, 11) is 0. The minimum Gasteiger partial charge on any atom is -0.302 e. The van der Waals surface area contributed by atoms with Gasteiger partial charge in [0.1, 0.15) is 11.6 Å². The van der Waals surface area contributed by atoms with E-state index in [2.05, 4.69) is 25.3 Å². The number of thiazole rings is 1. The summed E-state index contributed by atoms with van der Waals surface area (Å²) >= 11 is 1.47. The minimum atomic E-state index is -0.0815. The van der Waals surface area contributed by atoms with Crippen molar-refractivity contribution in [3.63, 3.8) is 0 Å². The van der Waals surface area contributed by atoms with Gasteiger partial charge < -0.3 is 5.32 Å². The van der Waals surface area contributed by atoms with Crippen LogP contribution >= 0.6 is 11.3 Å². The molecule has 0 saturated carbocycles. The lowest BCUT2D eigenvalue weighted by atomic mass is 10.2. The molecular formula is C15H22N6OS. The van der Waals surface area contributed by atoms with E-state index >= 15 is 0 Å². The SMILES string of the molecule is CC(=O)Nc1nc(CN2CCC[C@@H]2Cn2nc(C)nc2C)cs1. The van der Waals surface area contributed by atoms with Crippen LogP contribution in [0.2, 0.25) is 0 Å². The number of nitrogens with one attached hydrogen (secondary N) is 1. The molecule has 23 heavy (non-hydrogen) atoms. The van der Waals surface area contributed by atoms with E-state index in [0.29, 0.717) is 11.2 Å². The molecular weight excluding hydrogens is 312 g/mol. The number of likely N-dealkylation sites (tertiary alicyclic amines) is 1. The number of carbonyl (C=O) groups is 1. The van der Waals surface area contributed by atoms with Crippen LogP contribution in [0, 0.1) is 13.8 Å². The standard InChI is InChI=1S/C15H22N6OS/c1-10-16-11(2)21(19-10)8-14-5-4-6-20(14)7-13-9-23-15(18-13)17-12(3)22/h9,14H,4-8H2,1-3H3,(H,17,18,22)/t14-/m1/s1. The molecule has 0 bridgehead atoms. The van der Waals surface area contributed by atoms with Crippen LogP contribution in [0.25, 0.3) is 0 Å². The minimum absolute atomic E-state index is 0.0815. The largest absolute Gasteiger partial charge is 0.302 e. The number of aromatic nitrogens is 4. The second-order valence-electron chi connectivity index (χ2n) is 5.98. The van der Waals surface area contributed by atoms with E-state index < -0.39 is 0 Å². The Kier molecular flexibility index (Phi) is 4.72. The summed E-state index contributed by atoms with van der Waals surface area (Å²) in [5.74, 6) is 1.71. The normalized spacial score (nSPS) is 18.5. The van der Waals surface area contributed by atoms with E-state index in [1.807, 2.05) is 23.9 Å². The van der Waals surface area contributed by atoms with Gasteiger partial charge in [0.25, 0.3) is 0 Å². The number of hydrogen-bond donors (Lipinski definition) is 1. The first-order valence-corrected chi connectivity index (χ1v) is 8.73. The van der Waals surface area contributed by atoms with Crippen LogP contribution in [0.4, 0.5) is 5.13 Å². The zero-order valence-corrected chi connectivity index (χ0v) is 14.6. The molecule has 1 aliphatic heterocycles. The van der Waals surface area contributed by atoms with Gasteiger partial charge in [0.15, 0.2) is 5.13 Å². The van der Waals surface area contributed by atoms with Gasteiger partial charge in [-0.25, -0.2) is 14.6 Å². The number of anilines is 1. The Morgan fingerprint density at radius 2 is 2.26 bits per heavy atom. The Balaban J connectivity index is 1.63. The first-order chi connectivity index (χ1) is 11.0. The number of carbonyl (C=O) groups excluding carboxylic acids is 1.